The number of hydrogen-bond donors (Lipinski definition) is 2. The van der Waals surface area contributed by atoms with Crippen molar-refractivity contribution in [2.75, 3.05) is 6.61 Å². The molecule has 1 fully saturated rings. The lowest BCUT2D eigenvalue weighted by molar-refractivity contribution is -0.103. The van der Waals surface area contributed by atoms with Crippen LogP contribution in [0.3, 0.4) is 0 Å². The summed E-state index contributed by atoms with van der Waals surface area (Å²) in [6.45, 7) is 2.85. The topological polar surface area (TPSA) is 84.3 Å². The number of H-pyrrole nitrogens is 1. The average Bonchev–Trinajstić information content (AvgIpc) is 2.55. The average molecular weight is 258 g/mol. The van der Waals surface area contributed by atoms with Crippen LogP contribution in [0.4, 0.5) is 4.39 Å². The van der Waals surface area contributed by atoms with E-state index in [9.17, 15) is 19.1 Å². The fourth-order valence-corrected chi connectivity index (χ4v) is 2.05. The highest BCUT2D eigenvalue weighted by molar-refractivity contribution is 4.97. The second-order valence-electron chi connectivity index (χ2n) is 4.73. The highest BCUT2D eigenvalue weighted by Crippen LogP contribution is 2.42. The number of nitrogens with zero attached hydrogens (tertiary/aromatic N) is 1. The van der Waals surface area contributed by atoms with Gasteiger partial charge in [-0.3, -0.25) is 14.3 Å². The minimum Gasteiger partial charge on any atom is -0.393 e. The molecule has 6 nitrogen and oxygen atoms in total. The molecule has 0 aliphatic carbocycles. The predicted molar refractivity (Wildman–Crippen MR) is 61.0 cm³/mol. The van der Waals surface area contributed by atoms with Gasteiger partial charge in [-0.2, -0.15) is 0 Å². The molecular formula is C11H15FN2O4. The minimum absolute atomic E-state index is 0.344. The Balaban J connectivity index is 2.41. The first kappa shape index (κ1) is 13.0. The van der Waals surface area contributed by atoms with Gasteiger partial charge >= 0.3 is 5.69 Å². The van der Waals surface area contributed by atoms with E-state index < -0.39 is 35.2 Å². The SMILES string of the molecule is CC1[C@H](F)[C@H](n2ccc(=O)[nH]c2=O)O[C@]1(C)CO. The highest BCUT2D eigenvalue weighted by Gasteiger charge is 2.51. The number of aliphatic hydroxyl groups excluding tert-OH is 1. The summed E-state index contributed by atoms with van der Waals surface area (Å²) in [5.74, 6) is -0.564. The van der Waals surface area contributed by atoms with Crippen LogP contribution in [0, 0.1) is 5.92 Å². The maximum atomic E-state index is 14.1. The number of alkyl halides is 1. The van der Waals surface area contributed by atoms with Crippen LogP contribution in [0.25, 0.3) is 0 Å². The third-order valence-corrected chi connectivity index (χ3v) is 3.54. The van der Waals surface area contributed by atoms with Gasteiger partial charge in [-0.15, -0.1) is 0 Å². The monoisotopic (exact) mass is 258 g/mol. The van der Waals surface area contributed by atoms with Crippen molar-refractivity contribution in [3.63, 3.8) is 0 Å². The molecule has 1 aliphatic rings. The lowest BCUT2D eigenvalue weighted by atomic mass is 9.90. The Hall–Kier alpha value is -1.47. The van der Waals surface area contributed by atoms with Crippen LogP contribution in [-0.2, 0) is 4.74 Å². The van der Waals surface area contributed by atoms with Crippen molar-refractivity contribution in [3.05, 3.63) is 33.1 Å². The number of aromatic amines is 1. The van der Waals surface area contributed by atoms with Crippen LogP contribution in [0.15, 0.2) is 21.9 Å². The molecule has 0 amide bonds. The lowest BCUT2D eigenvalue weighted by Gasteiger charge is -2.25. The van der Waals surface area contributed by atoms with Gasteiger partial charge in [0, 0.05) is 18.2 Å². The molecule has 2 heterocycles. The van der Waals surface area contributed by atoms with Gasteiger partial charge in [-0.05, 0) is 6.92 Å². The summed E-state index contributed by atoms with van der Waals surface area (Å²) in [6, 6.07) is 1.12. The number of halogens is 1. The van der Waals surface area contributed by atoms with E-state index >= 15 is 0 Å². The van der Waals surface area contributed by atoms with E-state index in [0.29, 0.717) is 0 Å². The minimum atomic E-state index is -1.44. The second kappa shape index (κ2) is 4.33. The van der Waals surface area contributed by atoms with Crippen molar-refractivity contribution in [2.45, 2.75) is 31.8 Å². The van der Waals surface area contributed by atoms with Crippen LogP contribution >= 0.6 is 0 Å². The summed E-state index contributed by atoms with van der Waals surface area (Å²) in [6.07, 6.45) is -1.39. The molecule has 0 bridgehead atoms. The van der Waals surface area contributed by atoms with Gasteiger partial charge < -0.3 is 9.84 Å². The van der Waals surface area contributed by atoms with Crippen LogP contribution < -0.4 is 11.2 Å². The standard InChI is InChI=1S/C11H15FN2O4/c1-6-8(12)9(18-11(6,2)5-15)14-4-3-7(16)13-10(14)17/h3-4,6,8-9,15H,5H2,1-2H3,(H,13,16,17)/t6?,8-,9+,11+/m0/s1. The number of ether oxygens (including phenoxy) is 1. The maximum Gasteiger partial charge on any atom is 0.330 e. The van der Waals surface area contributed by atoms with Crippen LogP contribution in [0.1, 0.15) is 20.1 Å². The summed E-state index contributed by atoms with van der Waals surface area (Å²) >= 11 is 0. The highest BCUT2D eigenvalue weighted by atomic mass is 19.1. The fourth-order valence-electron chi connectivity index (χ4n) is 2.05. The molecule has 1 aromatic heterocycles. The fraction of sp³-hybridized carbons (Fsp3) is 0.636. The number of rotatable bonds is 2. The summed E-state index contributed by atoms with van der Waals surface area (Å²) in [5, 5.41) is 9.25. The van der Waals surface area contributed by atoms with E-state index in [4.69, 9.17) is 4.74 Å². The normalized spacial score (nSPS) is 35.9. The first-order valence-electron chi connectivity index (χ1n) is 5.63. The molecule has 18 heavy (non-hydrogen) atoms. The number of nitrogens with one attached hydrogen (secondary N) is 1. The van der Waals surface area contributed by atoms with E-state index in [1.165, 1.54) is 6.20 Å². The van der Waals surface area contributed by atoms with Crippen molar-refractivity contribution in [1.82, 2.24) is 9.55 Å². The van der Waals surface area contributed by atoms with Gasteiger partial charge in [-0.25, -0.2) is 9.18 Å². The largest absolute Gasteiger partial charge is 0.393 e. The third kappa shape index (κ3) is 1.89. The van der Waals surface area contributed by atoms with Crippen molar-refractivity contribution in [3.8, 4) is 0 Å². The van der Waals surface area contributed by atoms with Gasteiger partial charge in [0.05, 0.1) is 12.2 Å². The zero-order chi connectivity index (χ0) is 13.5. The summed E-state index contributed by atoms with van der Waals surface area (Å²) < 4.78 is 20.6. The molecule has 0 radical (unpaired) electrons. The van der Waals surface area contributed by atoms with Gasteiger partial charge in [0.1, 0.15) is 0 Å². The van der Waals surface area contributed by atoms with Crippen LogP contribution in [0.2, 0.25) is 0 Å². The van der Waals surface area contributed by atoms with Crippen molar-refractivity contribution in [2.24, 2.45) is 5.92 Å². The smallest absolute Gasteiger partial charge is 0.330 e. The first-order chi connectivity index (χ1) is 8.39. The van der Waals surface area contributed by atoms with E-state index in [0.717, 1.165) is 10.6 Å². The van der Waals surface area contributed by atoms with Crippen LogP contribution in [-0.4, -0.2) is 33.0 Å². The second-order valence-corrected chi connectivity index (χ2v) is 4.73. The Bertz CT molecular complexity index is 554. The molecule has 2 N–H and O–H groups in total. The molecule has 7 heteroatoms. The van der Waals surface area contributed by atoms with Gasteiger partial charge in [0.15, 0.2) is 12.4 Å². The molecule has 1 saturated heterocycles. The quantitative estimate of drug-likeness (QED) is 0.768. The Kier molecular flexibility index (Phi) is 3.12. The molecule has 2 rings (SSSR count). The van der Waals surface area contributed by atoms with Crippen molar-refractivity contribution in [1.29, 1.82) is 0 Å². The molecular weight excluding hydrogens is 243 g/mol. The lowest BCUT2D eigenvalue weighted by Crippen LogP contribution is -2.36. The predicted octanol–water partition coefficient (Wildman–Crippen LogP) is -0.209. The summed E-state index contributed by atoms with van der Waals surface area (Å²) in [7, 11) is 0. The molecule has 100 valence electrons. The number of aromatic nitrogens is 2. The Morgan fingerprint density at radius 1 is 1.61 bits per heavy atom. The molecule has 1 aliphatic heterocycles. The van der Waals surface area contributed by atoms with E-state index in [1.807, 2.05) is 4.98 Å². The summed E-state index contributed by atoms with van der Waals surface area (Å²) in [4.78, 5) is 24.6. The molecule has 0 spiro atoms. The van der Waals surface area contributed by atoms with Gasteiger partial charge in [-0.1, -0.05) is 6.92 Å². The Morgan fingerprint density at radius 3 is 2.78 bits per heavy atom. The third-order valence-electron chi connectivity index (χ3n) is 3.54. The van der Waals surface area contributed by atoms with E-state index in [2.05, 4.69) is 0 Å². The van der Waals surface area contributed by atoms with E-state index in [-0.39, 0.29) is 6.61 Å². The molecule has 0 saturated carbocycles. The van der Waals surface area contributed by atoms with Crippen molar-refractivity contribution >= 4 is 0 Å². The number of hydrogen-bond acceptors (Lipinski definition) is 4. The zero-order valence-corrected chi connectivity index (χ0v) is 10.1. The molecule has 1 aromatic rings. The van der Waals surface area contributed by atoms with Gasteiger partial charge in [0.25, 0.3) is 5.56 Å². The zero-order valence-electron chi connectivity index (χ0n) is 10.1. The molecule has 0 aromatic carbocycles. The van der Waals surface area contributed by atoms with Crippen molar-refractivity contribution < 1.29 is 14.2 Å². The Morgan fingerprint density at radius 2 is 2.28 bits per heavy atom. The van der Waals surface area contributed by atoms with Gasteiger partial charge in [0.2, 0.25) is 0 Å². The van der Waals surface area contributed by atoms with E-state index in [1.54, 1.807) is 13.8 Å². The molecule has 1 unspecified atom stereocenters. The first-order valence-corrected chi connectivity index (χ1v) is 5.63. The number of aliphatic hydroxyl groups is 1. The Labute approximate surface area is 102 Å². The van der Waals surface area contributed by atoms with Crippen LogP contribution in [0.5, 0.6) is 0 Å². The molecule has 4 atom stereocenters. The maximum absolute atomic E-state index is 14.1. The summed E-state index contributed by atoms with van der Waals surface area (Å²) in [5.41, 5.74) is -2.33.